The number of nitrogens with zero attached hydrogens (tertiary/aromatic N) is 1. The summed E-state index contributed by atoms with van der Waals surface area (Å²) in [7, 11) is 0. The van der Waals surface area contributed by atoms with Gasteiger partial charge in [-0.3, -0.25) is 9.89 Å². The van der Waals surface area contributed by atoms with Crippen LogP contribution in [-0.4, -0.2) is 15.4 Å². The second-order valence-electron chi connectivity index (χ2n) is 1.70. The summed E-state index contributed by atoms with van der Waals surface area (Å²) in [6.45, 7) is 1.76. The number of aromatic amines is 1. The molecule has 1 aromatic heterocycles. The van der Waals surface area contributed by atoms with Crippen molar-refractivity contribution in [1.82, 2.24) is 10.2 Å². The monoisotopic (exact) mass is 144 g/mol. The molecule has 1 N–H and O–H groups in total. The third-order valence-corrected chi connectivity index (χ3v) is 1.21. The Morgan fingerprint density at radius 1 is 1.89 bits per heavy atom. The quantitative estimate of drug-likeness (QED) is 0.600. The van der Waals surface area contributed by atoms with Crippen LogP contribution >= 0.6 is 11.6 Å². The fourth-order valence-electron chi connectivity index (χ4n) is 0.545. The molecule has 0 aromatic carbocycles. The highest BCUT2D eigenvalue weighted by molar-refractivity contribution is 6.67. The van der Waals surface area contributed by atoms with E-state index in [0.717, 1.165) is 5.56 Å². The van der Waals surface area contributed by atoms with Gasteiger partial charge in [0.1, 0.15) is 5.69 Å². The molecule has 1 heterocycles. The van der Waals surface area contributed by atoms with Crippen molar-refractivity contribution < 1.29 is 4.79 Å². The first-order valence-corrected chi connectivity index (χ1v) is 2.79. The van der Waals surface area contributed by atoms with E-state index in [9.17, 15) is 4.79 Å². The minimum absolute atomic E-state index is 0.372. The molecule has 0 aliphatic rings. The first kappa shape index (κ1) is 6.29. The summed E-state index contributed by atoms with van der Waals surface area (Å²) in [4.78, 5) is 10.4. The Balaban J connectivity index is 3.08. The van der Waals surface area contributed by atoms with Crippen molar-refractivity contribution in [2.24, 2.45) is 0 Å². The van der Waals surface area contributed by atoms with Crippen LogP contribution in [0.25, 0.3) is 0 Å². The van der Waals surface area contributed by atoms with Crippen LogP contribution in [0.3, 0.4) is 0 Å². The molecule has 0 spiro atoms. The van der Waals surface area contributed by atoms with E-state index in [4.69, 9.17) is 11.6 Å². The van der Waals surface area contributed by atoms with Crippen molar-refractivity contribution >= 4 is 16.8 Å². The maximum Gasteiger partial charge on any atom is 0.270 e. The average Bonchev–Trinajstić information content (AvgIpc) is 2.13. The van der Waals surface area contributed by atoms with Crippen LogP contribution in [0.2, 0.25) is 0 Å². The standard InChI is InChI=1S/C5H5ClN2O/c1-3-2-7-8-4(3)5(6)9/h2H,1H3,(H,7,8). The lowest BCUT2D eigenvalue weighted by atomic mass is 10.3. The third kappa shape index (κ3) is 1.10. The van der Waals surface area contributed by atoms with Crippen molar-refractivity contribution in [1.29, 1.82) is 0 Å². The van der Waals surface area contributed by atoms with Gasteiger partial charge in [-0.1, -0.05) is 0 Å². The Bertz CT molecular complexity index is 231. The van der Waals surface area contributed by atoms with Crippen LogP contribution in [0.15, 0.2) is 6.20 Å². The van der Waals surface area contributed by atoms with Crippen molar-refractivity contribution in [2.75, 3.05) is 0 Å². The maximum absolute atomic E-state index is 10.4. The first-order valence-electron chi connectivity index (χ1n) is 2.41. The van der Waals surface area contributed by atoms with Crippen LogP contribution < -0.4 is 0 Å². The molecule has 3 nitrogen and oxygen atoms in total. The average molecular weight is 145 g/mol. The molecule has 0 bridgehead atoms. The van der Waals surface area contributed by atoms with Gasteiger partial charge in [0.2, 0.25) is 0 Å². The minimum Gasteiger partial charge on any atom is -0.274 e. The Kier molecular flexibility index (Phi) is 1.53. The molecule has 0 saturated heterocycles. The Labute approximate surface area is 57.0 Å². The molecule has 1 rings (SSSR count). The zero-order chi connectivity index (χ0) is 6.85. The Morgan fingerprint density at radius 3 is 2.78 bits per heavy atom. The lowest BCUT2D eigenvalue weighted by Crippen LogP contribution is -1.90. The largest absolute Gasteiger partial charge is 0.274 e. The van der Waals surface area contributed by atoms with Gasteiger partial charge in [-0.2, -0.15) is 5.10 Å². The fourth-order valence-corrected chi connectivity index (χ4v) is 0.737. The highest BCUT2D eigenvalue weighted by Gasteiger charge is 2.05. The summed E-state index contributed by atoms with van der Waals surface area (Å²) in [5, 5.41) is 5.59. The van der Waals surface area contributed by atoms with E-state index < -0.39 is 5.24 Å². The van der Waals surface area contributed by atoms with Gasteiger partial charge in [0.25, 0.3) is 5.24 Å². The molecule has 1 aromatic rings. The molecule has 0 unspecified atom stereocenters. The van der Waals surface area contributed by atoms with Crippen molar-refractivity contribution in [3.8, 4) is 0 Å². The molecular weight excluding hydrogens is 140 g/mol. The minimum atomic E-state index is -0.495. The normalized spacial score (nSPS) is 9.56. The SMILES string of the molecule is Cc1cn[nH]c1C(=O)Cl. The number of carbonyl (C=O) groups excluding carboxylic acids is 1. The van der Waals surface area contributed by atoms with E-state index >= 15 is 0 Å². The van der Waals surface area contributed by atoms with Crippen LogP contribution in [0.4, 0.5) is 0 Å². The molecule has 0 aliphatic heterocycles. The van der Waals surface area contributed by atoms with Crippen LogP contribution in [0.5, 0.6) is 0 Å². The lowest BCUT2D eigenvalue weighted by Gasteiger charge is -1.84. The molecular formula is C5H5ClN2O. The number of rotatable bonds is 1. The second-order valence-corrected chi connectivity index (χ2v) is 2.05. The zero-order valence-electron chi connectivity index (χ0n) is 4.81. The number of nitrogens with one attached hydrogen (secondary N) is 1. The number of H-pyrrole nitrogens is 1. The fraction of sp³-hybridized carbons (Fsp3) is 0.200. The van der Waals surface area contributed by atoms with Gasteiger partial charge in [-0.15, -0.1) is 0 Å². The molecule has 4 heteroatoms. The van der Waals surface area contributed by atoms with Gasteiger partial charge < -0.3 is 0 Å². The van der Waals surface area contributed by atoms with Crippen molar-refractivity contribution in [3.63, 3.8) is 0 Å². The molecule has 0 amide bonds. The van der Waals surface area contributed by atoms with Gasteiger partial charge in [0.05, 0.1) is 6.20 Å². The summed E-state index contributed by atoms with van der Waals surface area (Å²) in [6, 6.07) is 0. The summed E-state index contributed by atoms with van der Waals surface area (Å²) in [5.74, 6) is 0. The van der Waals surface area contributed by atoms with E-state index in [1.165, 1.54) is 0 Å². The van der Waals surface area contributed by atoms with Gasteiger partial charge in [0.15, 0.2) is 0 Å². The third-order valence-electron chi connectivity index (χ3n) is 1.03. The number of hydrogen-bond acceptors (Lipinski definition) is 2. The highest BCUT2D eigenvalue weighted by Crippen LogP contribution is 2.04. The van der Waals surface area contributed by atoms with Crippen molar-refractivity contribution in [2.45, 2.75) is 6.92 Å². The summed E-state index contributed by atoms with van der Waals surface area (Å²) < 4.78 is 0. The van der Waals surface area contributed by atoms with Crippen LogP contribution in [-0.2, 0) is 0 Å². The first-order chi connectivity index (χ1) is 4.22. The topological polar surface area (TPSA) is 45.8 Å². The predicted molar refractivity (Wildman–Crippen MR) is 33.5 cm³/mol. The van der Waals surface area contributed by atoms with Crippen LogP contribution in [0.1, 0.15) is 16.1 Å². The summed E-state index contributed by atoms with van der Waals surface area (Å²) in [5.41, 5.74) is 1.15. The van der Waals surface area contributed by atoms with Gasteiger partial charge in [-0.05, 0) is 24.1 Å². The van der Waals surface area contributed by atoms with Gasteiger partial charge in [-0.25, -0.2) is 0 Å². The summed E-state index contributed by atoms with van der Waals surface area (Å²) >= 11 is 5.14. The van der Waals surface area contributed by atoms with E-state index in [1.54, 1.807) is 13.1 Å². The highest BCUT2D eigenvalue weighted by atomic mass is 35.5. The smallest absolute Gasteiger partial charge is 0.270 e. The molecule has 0 fully saturated rings. The molecule has 0 saturated carbocycles. The molecule has 48 valence electrons. The number of halogens is 1. The molecule has 0 atom stereocenters. The Hall–Kier alpha value is -0.830. The van der Waals surface area contributed by atoms with E-state index in [1.807, 2.05) is 0 Å². The number of hydrogen-bond donors (Lipinski definition) is 1. The number of carbonyl (C=O) groups is 1. The molecule has 0 radical (unpaired) electrons. The van der Waals surface area contributed by atoms with E-state index in [2.05, 4.69) is 10.2 Å². The van der Waals surface area contributed by atoms with E-state index in [-0.39, 0.29) is 0 Å². The van der Waals surface area contributed by atoms with Crippen molar-refractivity contribution in [3.05, 3.63) is 17.5 Å². The summed E-state index contributed by atoms with van der Waals surface area (Å²) in [6.07, 6.45) is 1.55. The molecule has 0 aliphatic carbocycles. The maximum atomic E-state index is 10.4. The lowest BCUT2D eigenvalue weighted by molar-refractivity contribution is 0.107. The zero-order valence-corrected chi connectivity index (χ0v) is 5.57. The van der Waals surface area contributed by atoms with E-state index in [0.29, 0.717) is 5.69 Å². The van der Waals surface area contributed by atoms with Gasteiger partial charge >= 0.3 is 0 Å². The predicted octanol–water partition coefficient (Wildman–Crippen LogP) is 1.10. The van der Waals surface area contributed by atoms with Crippen LogP contribution in [0, 0.1) is 6.92 Å². The Morgan fingerprint density at radius 2 is 2.56 bits per heavy atom. The van der Waals surface area contributed by atoms with Gasteiger partial charge in [0, 0.05) is 0 Å². The molecule has 9 heavy (non-hydrogen) atoms. The number of aromatic nitrogens is 2. The second kappa shape index (κ2) is 2.19. The number of aryl methyl sites for hydroxylation is 1.